The number of amides is 1. The van der Waals surface area contributed by atoms with Crippen molar-refractivity contribution in [1.82, 2.24) is 10.6 Å². The van der Waals surface area contributed by atoms with Gasteiger partial charge in [-0.1, -0.05) is 49.1 Å². The molecule has 2 fully saturated rings. The molecule has 0 radical (unpaired) electrons. The summed E-state index contributed by atoms with van der Waals surface area (Å²) >= 11 is 6.45. The van der Waals surface area contributed by atoms with Gasteiger partial charge in [0.1, 0.15) is 0 Å². The van der Waals surface area contributed by atoms with Crippen LogP contribution in [-0.2, 0) is 6.42 Å². The number of anilines is 2. The second-order valence-electron chi connectivity index (χ2n) is 10.6. The number of halogens is 1. The Kier molecular flexibility index (Phi) is 10.8. The number of benzene rings is 2. The van der Waals surface area contributed by atoms with Crippen LogP contribution in [0.25, 0.3) is 0 Å². The third-order valence-electron chi connectivity index (χ3n) is 7.63. The van der Waals surface area contributed by atoms with E-state index >= 15 is 0 Å². The van der Waals surface area contributed by atoms with Crippen molar-refractivity contribution in [3.8, 4) is 0 Å². The van der Waals surface area contributed by atoms with Gasteiger partial charge >= 0.3 is 0 Å². The maximum absolute atomic E-state index is 13.7. The molecule has 4 rings (SSSR count). The molecule has 1 aliphatic carbocycles. The van der Waals surface area contributed by atoms with Crippen LogP contribution in [0.2, 0.25) is 5.02 Å². The van der Waals surface area contributed by atoms with E-state index in [0.717, 1.165) is 36.9 Å². The van der Waals surface area contributed by atoms with Crippen LogP contribution in [0, 0.1) is 0 Å². The number of rotatable bonds is 11. The van der Waals surface area contributed by atoms with E-state index in [9.17, 15) is 19.0 Å². The minimum atomic E-state index is -2.94. The van der Waals surface area contributed by atoms with E-state index in [2.05, 4.69) is 16.0 Å². The summed E-state index contributed by atoms with van der Waals surface area (Å²) in [5, 5.41) is 21.7. The number of aliphatic hydroxyl groups is 1. The molecule has 8 nitrogen and oxygen atoms in total. The Hall–Kier alpha value is -2.01. The molecule has 0 unspecified atom stereocenters. The van der Waals surface area contributed by atoms with E-state index in [1.165, 1.54) is 19.3 Å². The van der Waals surface area contributed by atoms with Crippen molar-refractivity contribution in [2.24, 2.45) is 0 Å². The van der Waals surface area contributed by atoms with Crippen molar-refractivity contribution in [3.63, 3.8) is 0 Å². The molecule has 2 aliphatic rings. The van der Waals surface area contributed by atoms with Gasteiger partial charge in [0.2, 0.25) is 0 Å². The van der Waals surface area contributed by atoms with Crippen LogP contribution < -0.4 is 20.3 Å². The van der Waals surface area contributed by atoms with Crippen LogP contribution in [0.5, 0.6) is 0 Å². The van der Waals surface area contributed by atoms with Gasteiger partial charge in [0.25, 0.3) is 5.91 Å². The fourth-order valence-corrected chi connectivity index (χ4v) is 7.36. The molecule has 10 heteroatoms. The monoisotopic (exact) mass is 578 g/mol. The normalized spacial score (nSPS) is 20.2. The van der Waals surface area contributed by atoms with Gasteiger partial charge < -0.3 is 21.1 Å². The minimum absolute atomic E-state index is 0.320. The van der Waals surface area contributed by atoms with Gasteiger partial charge in [0.15, 0.2) is 0 Å². The van der Waals surface area contributed by atoms with Crippen molar-refractivity contribution < 1.29 is 19.0 Å². The van der Waals surface area contributed by atoms with Crippen molar-refractivity contribution in [3.05, 3.63) is 58.6 Å². The molecule has 1 aliphatic heterocycles. The Labute approximate surface area is 239 Å². The lowest BCUT2D eigenvalue weighted by molar-refractivity contribution is 0.0821. The number of hydrogen-bond acceptors (Lipinski definition) is 7. The molecule has 2 aromatic rings. The summed E-state index contributed by atoms with van der Waals surface area (Å²) in [4.78, 5) is 13.7. The van der Waals surface area contributed by atoms with Crippen LogP contribution in [0.4, 0.5) is 11.4 Å². The topological polar surface area (TPSA) is 117 Å². The Bertz CT molecular complexity index is 1100. The number of nitrogens with zero attached hydrogens (tertiary/aromatic N) is 1. The molecule has 0 spiro atoms. The Morgan fingerprint density at radius 3 is 2.59 bits per heavy atom. The smallest absolute Gasteiger partial charge is 0.251 e. The lowest BCUT2D eigenvalue weighted by Crippen LogP contribution is -2.50. The average molecular weight is 579 g/mol. The second kappa shape index (κ2) is 14.1. The molecule has 216 valence electrons. The fourth-order valence-electron chi connectivity index (χ4n) is 5.47. The van der Waals surface area contributed by atoms with Crippen molar-refractivity contribution in [1.29, 1.82) is 0 Å². The summed E-state index contributed by atoms with van der Waals surface area (Å²) < 4.78 is 23.0. The summed E-state index contributed by atoms with van der Waals surface area (Å²) in [6, 6.07) is 12.6. The Balaban J connectivity index is 1.56. The van der Waals surface area contributed by atoms with Crippen LogP contribution in [0.1, 0.15) is 67.8 Å². The first-order valence-electron chi connectivity index (χ1n) is 14.1. The van der Waals surface area contributed by atoms with Crippen molar-refractivity contribution in [2.45, 2.75) is 76.5 Å². The minimum Gasteiger partial charge on any atom is -0.390 e. The molecule has 0 bridgehead atoms. The van der Waals surface area contributed by atoms with Crippen LogP contribution in [-0.4, -0.2) is 63.7 Å². The number of carbonyl (C=O) groups excluding carboxylic acids is 1. The van der Waals surface area contributed by atoms with E-state index in [-0.39, 0.29) is 5.91 Å². The lowest BCUT2D eigenvalue weighted by atomic mass is 9.94. The molecular weight excluding hydrogens is 536 g/mol. The van der Waals surface area contributed by atoms with Gasteiger partial charge in [0, 0.05) is 41.9 Å². The SMILES string of the molecule is CCNc1cc(C(=O)N[C@@H](Cc2ccccc2Cl)[C@@H](O)CNC2CCCCC2)cc(N2CCCCS2(O)O)c1. The van der Waals surface area contributed by atoms with E-state index in [1.807, 2.05) is 37.3 Å². The van der Waals surface area contributed by atoms with Gasteiger partial charge in [-0.15, -0.1) is 10.8 Å². The summed E-state index contributed by atoms with van der Waals surface area (Å²) in [6.07, 6.45) is 7.02. The number of nitrogens with one attached hydrogen (secondary N) is 3. The molecule has 2 aromatic carbocycles. The van der Waals surface area contributed by atoms with Gasteiger partial charge in [-0.2, -0.15) is 0 Å². The lowest BCUT2D eigenvalue weighted by Gasteiger charge is -2.47. The molecule has 39 heavy (non-hydrogen) atoms. The Morgan fingerprint density at radius 1 is 1.10 bits per heavy atom. The molecule has 6 N–H and O–H groups in total. The van der Waals surface area contributed by atoms with Gasteiger partial charge in [-0.25, -0.2) is 0 Å². The third-order valence-corrected chi connectivity index (χ3v) is 9.94. The molecule has 1 saturated carbocycles. The van der Waals surface area contributed by atoms with Crippen LogP contribution in [0.3, 0.4) is 0 Å². The van der Waals surface area contributed by atoms with Crippen LogP contribution >= 0.6 is 22.4 Å². The second-order valence-corrected chi connectivity index (χ2v) is 13.2. The number of hydrogen-bond donors (Lipinski definition) is 6. The quantitative estimate of drug-likeness (QED) is 0.204. The van der Waals surface area contributed by atoms with Gasteiger partial charge in [-0.05, 0) is 68.9 Å². The van der Waals surface area contributed by atoms with E-state index in [0.29, 0.717) is 54.1 Å². The molecule has 2 atom stereocenters. The van der Waals surface area contributed by atoms with Gasteiger partial charge in [0.05, 0.1) is 23.6 Å². The number of aliphatic hydroxyl groups excluding tert-OH is 1. The third kappa shape index (κ3) is 8.25. The summed E-state index contributed by atoms with van der Waals surface area (Å²) in [5.41, 5.74) is 2.56. The molecule has 1 heterocycles. The maximum atomic E-state index is 13.7. The average Bonchev–Trinajstić information content (AvgIpc) is 2.92. The van der Waals surface area contributed by atoms with Crippen molar-refractivity contribution >= 4 is 39.7 Å². The Morgan fingerprint density at radius 2 is 1.87 bits per heavy atom. The largest absolute Gasteiger partial charge is 0.390 e. The molecular formula is C29H43ClN4O4S. The fraction of sp³-hybridized carbons (Fsp3) is 0.552. The first-order valence-corrected chi connectivity index (χ1v) is 16.2. The van der Waals surface area contributed by atoms with E-state index in [4.69, 9.17) is 11.6 Å². The highest BCUT2D eigenvalue weighted by molar-refractivity contribution is 8.25. The van der Waals surface area contributed by atoms with E-state index in [1.54, 1.807) is 16.4 Å². The summed E-state index contributed by atoms with van der Waals surface area (Å²) in [7, 11) is -2.94. The summed E-state index contributed by atoms with van der Waals surface area (Å²) in [6.45, 7) is 3.51. The number of carbonyl (C=O) groups is 1. The predicted molar refractivity (Wildman–Crippen MR) is 162 cm³/mol. The van der Waals surface area contributed by atoms with Crippen LogP contribution in [0.15, 0.2) is 42.5 Å². The zero-order valence-corrected chi connectivity index (χ0v) is 24.3. The summed E-state index contributed by atoms with van der Waals surface area (Å²) in [5.74, 6) is -0.0154. The first kappa shape index (κ1) is 30.0. The maximum Gasteiger partial charge on any atom is 0.251 e. The van der Waals surface area contributed by atoms with Gasteiger partial charge in [-0.3, -0.25) is 18.2 Å². The molecule has 1 saturated heterocycles. The zero-order valence-electron chi connectivity index (χ0n) is 22.7. The standard InChI is InChI=1S/C29H43ClN4O4S/c1-2-31-24-16-22(17-25(19-24)34-14-8-9-15-39(34,37)38)29(36)33-27(18-21-10-6-7-13-26(21)30)28(35)20-32-23-11-4-3-5-12-23/h6-7,10,13,16-17,19,23,27-28,31-32,35,37-38H,2-5,8-9,11-12,14-15,18,20H2,1H3,(H,33,36)/t27-,28-/m0/s1. The zero-order chi connectivity index (χ0) is 27.8. The van der Waals surface area contributed by atoms with Crippen molar-refractivity contribution in [2.75, 3.05) is 35.0 Å². The predicted octanol–water partition coefficient (Wildman–Crippen LogP) is 5.66. The molecule has 0 aromatic heterocycles. The van der Waals surface area contributed by atoms with E-state index < -0.39 is 22.9 Å². The highest BCUT2D eigenvalue weighted by Gasteiger charge is 2.29. The first-order chi connectivity index (χ1) is 18.8. The highest BCUT2D eigenvalue weighted by Crippen LogP contribution is 2.50. The molecule has 1 amide bonds. The highest BCUT2D eigenvalue weighted by atomic mass is 35.5.